The van der Waals surface area contributed by atoms with Crippen LogP contribution in [0.2, 0.25) is 0 Å². The molecule has 26 heavy (non-hydrogen) atoms. The minimum Gasteiger partial charge on any atom is -0.332 e. The molecule has 4 N–H and O–H groups in total. The van der Waals surface area contributed by atoms with E-state index in [4.69, 9.17) is 5.73 Å². The zero-order chi connectivity index (χ0) is 19.9. The molecule has 12 heteroatoms. The second-order valence-corrected chi connectivity index (χ2v) is 8.46. The predicted octanol–water partition coefficient (Wildman–Crippen LogP) is 1.66. The third kappa shape index (κ3) is 3.56. The minimum absolute atomic E-state index is 0.0352. The SMILES string of the molecule is CCC1(N)N=C(Nc2cnn(S(=O)(=O)C(C)C)c2C)NC=C1C(F)(F)F. The van der Waals surface area contributed by atoms with Crippen molar-refractivity contribution in [1.82, 2.24) is 14.5 Å². The second kappa shape index (κ2) is 6.58. The van der Waals surface area contributed by atoms with E-state index in [2.05, 4.69) is 20.7 Å². The summed E-state index contributed by atoms with van der Waals surface area (Å²) in [5.41, 5.74) is 3.43. The van der Waals surface area contributed by atoms with Gasteiger partial charge in [0.05, 0.1) is 28.4 Å². The van der Waals surface area contributed by atoms with Gasteiger partial charge in [0.15, 0.2) is 0 Å². The first kappa shape index (κ1) is 20.2. The van der Waals surface area contributed by atoms with E-state index in [1.165, 1.54) is 33.9 Å². The van der Waals surface area contributed by atoms with Crippen LogP contribution in [-0.2, 0) is 10.0 Å². The quantitative estimate of drug-likeness (QED) is 0.716. The number of nitrogens with zero attached hydrogens (tertiary/aromatic N) is 3. The molecular formula is C14H21F3N6O2S. The number of anilines is 1. The van der Waals surface area contributed by atoms with E-state index >= 15 is 0 Å². The van der Waals surface area contributed by atoms with Crippen LogP contribution in [-0.4, -0.2) is 40.7 Å². The topological polar surface area (TPSA) is 114 Å². The van der Waals surface area contributed by atoms with Crippen molar-refractivity contribution in [2.75, 3.05) is 5.32 Å². The smallest absolute Gasteiger partial charge is 0.332 e. The lowest BCUT2D eigenvalue weighted by atomic mass is 9.97. The van der Waals surface area contributed by atoms with E-state index in [0.717, 1.165) is 10.3 Å². The summed E-state index contributed by atoms with van der Waals surface area (Å²) < 4.78 is 64.6. The highest BCUT2D eigenvalue weighted by molar-refractivity contribution is 7.90. The molecule has 0 spiro atoms. The average molecular weight is 394 g/mol. The van der Waals surface area contributed by atoms with Gasteiger partial charge in [-0.15, -0.1) is 0 Å². The molecule has 0 saturated heterocycles. The molecule has 2 rings (SSSR count). The zero-order valence-electron chi connectivity index (χ0n) is 14.7. The zero-order valence-corrected chi connectivity index (χ0v) is 15.5. The normalized spacial score (nSPS) is 21.3. The highest BCUT2D eigenvalue weighted by atomic mass is 32.2. The Morgan fingerprint density at radius 3 is 2.54 bits per heavy atom. The number of hydrogen-bond acceptors (Lipinski definition) is 7. The second-order valence-electron chi connectivity index (χ2n) is 6.14. The standard InChI is InChI=1S/C14H21F3N6O2S/c1-5-13(18)11(14(15,16)17)7-19-12(22-13)21-10-6-20-23(9(10)4)26(24,25)8(2)3/h6-8H,5,18H2,1-4H3,(H2,19,21,22). The summed E-state index contributed by atoms with van der Waals surface area (Å²) in [5, 5.41) is 8.30. The Hall–Kier alpha value is -2.08. The summed E-state index contributed by atoms with van der Waals surface area (Å²) in [6.45, 7) is 6.04. The van der Waals surface area contributed by atoms with Crippen molar-refractivity contribution in [3.63, 3.8) is 0 Å². The molecule has 1 unspecified atom stereocenters. The van der Waals surface area contributed by atoms with Gasteiger partial charge >= 0.3 is 6.18 Å². The highest BCUT2D eigenvalue weighted by Gasteiger charge is 2.47. The highest BCUT2D eigenvalue weighted by Crippen LogP contribution is 2.36. The molecule has 1 atom stereocenters. The van der Waals surface area contributed by atoms with Crippen LogP contribution in [0.25, 0.3) is 0 Å². The first-order valence-electron chi connectivity index (χ1n) is 7.82. The van der Waals surface area contributed by atoms with Crippen molar-refractivity contribution < 1.29 is 21.6 Å². The van der Waals surface area contributed by atoms with Gasteiger partial charge in [0.2, 0.25) is 5.96 Å². The van der Waals surface area contributed by atoms with E-state index in [-0.39, 0.29) is 23.8 Å². The number of rotatable bonds is 4. The Balaban J connectivity index is 2.33. The number of hydrogen-bond donors (Lipinski definition) is 3. The summed E-state index contributed by atoms with van der Waals surface area (Å²) in [5.74, 6) is -0.0352. The summed E-state index contributed by atoms with van der Waals surface area (Å²) in [6, 6.07) is 0. The predicted molar refractivity (Wildman–Crippen MR) is 92.0 cm³/mol. The molecule has 1 aromatic heterocycles. The maximum Gasteiger partial charge on any atom is 0.417 e. The molecule has 146 valence electrons. The van der Waals surface area contributed by atoms with Crippen LogP contribution in [0.3, 0.4) is 0 Å². The maximum atomic E-state index is 13.1. The van der Waals surface area contributed by atoms with E-state index < -0.39 is 32.7 Å². The molecule has 1 aliphatic heterocycles. The van der Waals surface area contributed by atoms with Crippen molar-refractivity contribution in [1.29, 1.82) is 0 Å². The van der Waals surface area contributed by atoms with Crippen molar-refractivity contribution in [3.8, 4) is 0 Å². The van der Waals surface area contributed by atoms with Crippen LogP contribution >= 0.6 is 0 Å². The Labute approximate surface area is 149 Å². The molecule has 0 saturated carbocycles. The third-order valence-electron chi connectivity index (χ3n) is 4.03. The number of aromatic nitrogens is 2. The van der Waals surface area contributed by atoms with Crippen molar-refractivity contribution in [3.05, 3.63) is 23.7 Å². The van der Waals surface area contributed by atoms with Gasteiger partial charge in [-0.3, -0.25) is 0 Å². The summed E-state index contributed by atoms with van der Waals surface area (Å²) >= 11 is 0. The van der Waals surface area contributed by atoms with Gasteiger partial charge in [0, 0.05) is 6.20 Å². The summed E-state index contributed by atoms with van der Waals surface area (Å²) in [4.78, 5) is 3.92. The first-order valence-corrected chi connectivity index (χ1v) is 9.32. The minimum atomic E-state index is -4.63. The number of aliphatic imine (C=N–C) groups is 1. The Bertz CT molecular complexity index is 857. The average Bonchev–Trinajstić information content (AvgIpc) is 2.87. The lowest BCUT2D eigenvalue weighted by molar-refractivity contribution is -0.101. The van der Waals surface area contributed by atoms with Crippen LogP contribution in [0.1, 0.15) is 32.9 Å². The third-order valence-corrected chi connectivity index (χ3v) is 6.08. The van der Waals surface area contributed by atoms with Crippen LogP contribution in [0.4, 0.5) is 18.9 Å². The lowest BCUT2D eigenvalue weighted by Gasteiger charge is -2.32. The Kier molecular flexibility index (Phi) is 5.12. The molecule has 0 amide bonds. The van der Waals surface area contributed by atoms with Crippen molar-refractivity contribution in [2.24, 2.45) is 10.7 Å². The maximum absolute atomic E-state index is 13.1. The fourth-order valence-electron chi connectivity index (χ4n) is 2.32. The van der Waals surface area contributed by atoms with Crippen LogP contribution < -0.4 is 16.4 Å². The molecule has 1 aromatic rings. The van der Waals surface area contributed by atoms with Gasteiger partial charge in [0.25, 0.3) is 10.0 Å². The van der Waals surface area contributed by atoms with Crippen molar-refractivity contribution in [2.45, 2.75) is 51.2 Å². The number of alkyl halides is 3. The molecule has 8 nitrogen and oxygen atoms in total. The number of nitrogens with one attached hydrogen (secondary N) is 2. The molecule has 0 fully saturated rings. The summed E-state index contributed by atoms with van der Waals surface area (Å²) in [6.07, 6.45) is -2.69. The Morgan fingerprint density at radius 1 is 1.42 bits per heavy atom. The largest absolute Gasteiger partial charge is 0.417 e. The summed E-state index contributed by atoms with van der Waals surface area (Å²) in [7, 11) is -3.66. The van der Waals surface area contributed by atoms with E-state index in [0.29, 0.717) is 0 Å². The fourth-order valence-corrected chi connectivity index (χ4v) is 3.38. The number of guanidine groups is 1. The molecular weight excluding hydrogens is 373 g/mol. The molecule has 0 radical (unpaired) electrons. The molecule has 1 aliphatic rings. The van der Waals surface area contributed by atoms with Gasteiger partial charge in [0.1, 0.15) is 5.66 Å². The molecule has 2 heterocycles. The van der Waals surface area contributed by atoms with Crippen molar-refractivity contribution >= 4 is 21.7 Å². The fraction of sp³-hybridized carbons (Fsp3) is 0.571. The number of halogens is 3. The number of nitrogens with two attached hydrogens (primary N) is 1. The molecule has 0 bridgehead atoms. The van der Waals surface area contributed by atoms with E-state index in [1.54, 1.807) is 0 Å². The van der Waals surface area contributed by atoms with Crippen LogP contribution in [0, 0.1) is 6.92 Å². The van der Waals surface area contributed by atoms with Gasteiger partial charge in [-0.25, -0.2) is 13.4 Å². The first-order chi connectivity index (χ1) is 11.8. The van der Waals surface area contributed by atoms with Gasteiger partial charge in [-0.05, 0) is 27.2 Å². The van der Waals surface area contributed by atoms with Crippen LogP contribution in [0.5, 0.6) is 0 Å². The Morgan fingerprint density at radius 2 is 2.04 bits per heavy atom. The lowest BCUT2D eigenvalue weighted by Crippen LogP contribution is -2.51. The monoisotopic (exact) mass is 394 g/mol. The van der Waals surface area contributed by atoms with Gasteiger partial charge in [-0.1, -0.05) is 6.92 Å². The van der Waals surface area contributed by atoms with E-state index in [1.807, 2.05) is 0 Å². The molecule has 0 aliphatic carbocycles. The molecule has 0 aromatic carbocycles. The van der Waals surface area contributed by atoms with Gasteiger partial charge < -0.3 is 16.4 Å². The van der Waals surface area contributed by atoms with Crippen LogP contribution in [0.15, 0.2) is 23.0 Å². The van der Waals surface area contributed by atoms with E-state index in [9.17, 15) is 21.6 Å². The van der Waals surface area contributed by atoms with Gasteiger partial charge in [-0.2, -0.15) is 22.4 Å².